The van der Waals surface area contributed by atoms with Crippen molar-refractivity contribution in [3.8, 4) is 28.7 Å². The molecule has 0 aliphatic heterocycles. The summed E-state index contributed by atoms with van der Waals surface area (Å²) in [5.41, 5.74) is 3.39. The van der Waals surface area contributed by atoms with Gasteiger partial charge in [0.25, 0.3) is 0 Å². The van der Waals surface area contributed by atoms with Gasteiger partial charge >= 0.3 is 11.4 Å². The van der Waals surface area contributed by atoms with Crippen LogP contribution in [-0.2, 0) is 25.1 Å². The van der Waals surface area contributed by atoms with Crippen LogP contribution in [0.5, 0.6) is 5.75 Å². The van der Waals surface area contributed by atoms with E-state index in [0.29, 0.717) is 0 Å². The Morgan fingerprint density at radius 2 is 1.74 bits per heavy atom. The number of hydrogen-bond acceptors (Lipinski definition) is 4. The summed E-state index contributed by atoms with van der Waals surface area (Å²) in [6.45, 7) is 8.74. The van der Waals surface area contributed by atoms with Crippen molar-refractivity contribution in [2.75, 3.05) is 19.8 Å². The molecule has 0 aliphatic rings. The third kappa shape index (κ3) is 6.84. The second-order valence-corrected chi connectivity index (χ2v) is 7.77. The predicted octanol–water partition coefficient (Wildman–Crippen LogP) is 4.67. The SMILES string of the molecule is CC#CCOS(=O)OCCOc1ccc(C(C)(C)C)cc1-c1ccccc1. The minimum Gasteiger partial charge on any atom is -0.490 e. The first-order valence-electron chi connectivity index (χ1n) is 8.82. The Labute approximate surface area is 164 Å². The Balaban J connectivity index is 2.05. The molecule has 0 aliphatic carbocycles. The van der Waals surface area contributed by atoms with E-state index in [4.69, 9.17) is 13.1 Å². The van der Waals surface area contributed by atoms with Crippen LogP contribution in [0.4, 0.5) is 0 Å². The minimum atomic E-state index is -1.82. The summed E-state index contributed by atoms with van der Waals surface area (Å²) in [7, 11) is 0. The maximum Gasteiger partial charge on any atom is 0.305 e. The molecule has 0 heterocycles. The van der Waals surface area contributed by atoms with Crippen LogP contribution in [-0.4, -0.2) is 24.0 Å². The van der Waals surface area contributed by atoms with Gasteiger partial charge in [-0.25, -0.2) is 0 Å². The third-order valence-electron chi connectivity index (χ3n) is 3.85. The van der Waals surface area contributed by atoms with E-state index >= 15 is 0 Å². The lowest BCUT2D eigenvalue weighted by atomic mass is 9.85. The van der Waals surface area contributed by atoms with E-state index in [1.54, 1.807) is 6.92 Å². The predicted molar refractivity (Wildman–Crippen MR) is 110 cm³/mol. The van der Waals surface area contributed by atoms with Crippen LogP contribution < -0.4 is 4.74 Å². The van der Waals surface area contributed by atoms with E-state index in [-0.39, 0.29) is 25.2 Å². The zero-order valence-corrected chi connectivity index (χ0v) is 17.1. The summed E-state index contributed by atoms with van der Waals surface area (Å²) in [4.78, 5) is 0. The molecule has 27 heavy (non-hydrogen) atoms. The maximum atomic E-state index is 11.5. The second-order valence-electron chi connectivity index (χ2n) is 6.89. The fourth-order valence-corrected chi connectivity index (χ4v) is 2.83. The molecule has 0 saturated heterocycles. The summed E-state index contributed by atoms with van der Waals surface area (Å²) in [6, 6.07) is 16.3. The molecule has 0 saturated carbocycles. The molecule has 0 amide bonds. The number of ether oxygens (including phenoxy) is 1. The molecular weight excluding hydrogens is 360 g/mol. The van der Waals surface area contributed by atoms with Gasteiger partial charge in [-0.15, -0.1) is 5.92 Å². The maximum absolute atomic E-state index is 11.5. The summed E-state index contributed by atoms with van der Waals surface area (Å²) in [6.07, 6.45) is 0. The molecule has 5 heteroatoms. The quantitative estimate of drug-likeness (QED) is 0.489. The first kappa shape index (κ1) is 21.2. The van der Waals surface area contributed by atoms with E-state index in [2.05, 4.69) is 56.9 Å². The van der Waals surface area contributed by atoms with Crippen LogP contribution in [0.15, 0.2) is 48.5 Å². The monoisotopic (exact) mass is 386 g/mol. The van der Waals surface area contributed by atoms with Crippen molar-refractivity contribution in [1.29, 1.82) is 0 Å². The third-order valence-corrected chi connectivity index (χ3v) is 4.52. The Morgan fingerprint density at radius 1 is 1.00 bits per heavy atom. The van der Waals surface area contributed by atoms with Gasteiger partial charge in [0.1, 0.15) is 25.6 Å². The van der Waals surface area contributed by atoms with Crippen LogP contribution in [0.25, 0.3) is 11.1 Å². The standard InChI is InChI=1S/C22H26O4S/c1-5-6-14-25-27(23)26-16-15-24-21-13-12-19(22(2,3)4)17-20(21)18-10-8-7-9-11-18/h7-13,17H,14-16H2,1-4H3. The molecule has 1 unspecified atom stereocenters. The lowest BCUT2D eigenvalue weighted by Crippen LogP contribution is -2.13. The topological polar surface area (TPSA) is 44.8 Å². The van der Waals surface area contributed by atoms with Crippen LogP contribution in [0.3, 0.4) is 0 Å². The average molecular weight is 387 g/mol. The van der Waals surface area contributed by atoms with Gasteiger partial charge in [-0.1, -0.05) is 63.1 Å². The molecule has 0 radical (unpaired) electrons. The molecule has 2 aromatic rings. The normalized spacial score (nSPS) is 12.1. The Bertz CT molecular complexity index is 814. The van der Waals surface area contributed by atoms with Gasteiger partial charge in [0.05, 0.1) is 0 Å². The number of rotatable bonds is 8. The van der Waals surface area contributed by atoms with Crippen LogP contribution in [0, 0.1) is 11.8 Å². The zero-order chi connectivity index (χ0) is 19.7. The van der Waals surface area contributed by atoms with Gasteiger partial charge in [0, 0.05) is 5.56 Å². The van der Waals surface area contributed by atoms with Crippen molar-refractivity contribution in [3.05, 3.63) is 54.1 Å². The molecule has 1 atom stereocenters. The molecule has 0 bridgehead atoms. The highest BCUT2D eigenvalue weighted by molar-refractivity contribution is 7.75. The van der Waals surface area contributed by atoms with Gasteiger partial charge in [-0.2, -0.15) is 4.21 Å². The fraction of sp³-hybridized carbons (Fsp3) is 0.364. The lowest BCUT2D eigenvalue weighted by molar-refractivity contribution is 0.206. The highest BCUT2D eigenvalue weighted by Gasteiger charge is 2.17. The summed E-state index contributed by atoms with van der Waals surface area (Å²) in [5, 5.41) is 0. The smallest absolute Gasteiger partial charge is 0.305 e. The van der Waals surface area contributed by atoms with Gasteiger partial charge in [-0.3, -0.25) is 8.37 Å². The van der Waals surface area contributed by atoms with Crippen LogP contribution in [0.1, 0.15) is 33.3 Å². The molecule has 0 N–H and O–H groups in total. The van der Waals surface area contributed by atoms with Crippen LogP contribution in [0.2, 0.25) is 0 Å². The van der Waals surface area contributed by atoms with E-state index in [9.17, 15) is 4.21 Å². The van der Waals surface area contributed by atoms with Gasteiger partial charge < -0.3 is 4.74 Å². The lowest BCUT2D eigenvalue weighted by Gasteiger charge is -2.21. The summed E-state index contributed by atoms with van der Waals surface area (Å²) in [5.74, 6) is 6.09. The van der Waals surface area contributed by atoms with Gasteiger partial charge in [0.15, 0.2) is 0 Å². The van der Waals surface area contributed by atoms with E-state index in [0.717, 1.165) is 16.9 Å². The van der Waals surface area contributed by atoms with Crippen molar-refractivity contribution in [2.24, 2.45) is 0 Å². The summed E-state index contributed by atoms with van der Waals surface area (Å²) < 4.78 is 27.4. The molecule has 144 valence electrons. The Morgan fingerprint density at radius 3 is 2.41 bits per heavy atom. The Hall–Kier alpha value is -2.13. The van der Waals surface area contributed by atoms with E-state index < -0.39 is 11.4 Å². The van der Waals surface area contributed by atoms with Gasteiger partial charge in [0.2, 0.25) is 0 Å². The molecule has 4 nitrogen and oxygen atoms in total. The highest BCUT2D eigenvalue weighted by atomic mass is 32.2. The van der Waals surface area contributed by atoms with Crippen molar-refractivity contribution in [3.63, 3.8) is 0 Å². The molecule has 0 spiro atoms. The first-order valence-corrected chi connectivity index (χ1v) is 9.82. The highest BCUT2D eigenvalue weighted by Crippen LogP contribution is 2.34. The number of hydrogen-bond donors (Lipinski definition) is 0. The second kappa shape index (κ2) is 10.3. The number of benzene rings is 2. The zero-order valence-electron chi connectivity index (χ0n) is 16.3. The van der Waals surface area contributed by atoms with Crippen molar-refractivity contribution >= 4 is 11.4 Å². The summed E-state index contributed by atoms with van der Waals surface area (Å²) >= 11 is -1.82. The molecule has 2 aromatic carbocycles. The van der Waals surface area contributed by atoms with Gasteiger partial charge in [-0.05, 0) is 35.6 Å². The van der Waals surface area contributed by atoms with Crippen molar-refractivity contribution < 1.29 is 17.3 Å². The first-order chi connectivity index (χ1) is 12.9. The van der Waals surface area contributed by atoms with Crippen molar-refractivity contribution in [1.82, 2.24) is 0 Å². The van der Waals surface area contributed by atoms with Crippen molar-refractivity contribution in [2.45, 2.75) is 33.1 Å². The average Bonchev–Trinajstić information content (AvgIpc) is 2.65. The fourth-order valence-electron chi connectivity index (χ4n) is 2.40. The molecule has 2 rings (SSSR count). The largest absolute Gasteiger partial charge is 0.490 e. The van der Waals surface area contributed by atoms with E-state index in [1.807, 2.05) is 24.3 Å². The Kier molecular flexibility index (Phi) is 8.05. The van der Waals surface area contributed by atoms with Crippen LogP contribution >= 0.6 is 0 Å². The molecule has 0 aromatic heterocycles. The molecular formula is C22H26O4S. The minimum absolute atomic E-state index is 0.0425. The van der Waals surface area contributed by atoms with E-state index in [1.165, 1.54) is 5.56 Å². The molecule has 0 fully saturated rings.